The summed E-state index contributed by atoms with van der Waals surface area (Å²) in [6.45, 7) is 5.93. The molecule has 0 spiro atoms. The van der Waals surface area contributed by atoms with Crippen LogP contribution in [0.2, 0.25) is 15.1 Å². The van der Waals surface area contributed by atoms with Crippen LogP contribution in [-0.2, 0) is 26.2 Å². The van der Waals surface area contributed by atoms with Crippen molar-refractivity contribution in [2.45, 2.75) is 57.5 Å². The maximum Gasteiger partial charge on any atom is 0.264 e. The van der Waals surface area contributed by atoms with Crippen molar-refractivity contribution >= 4 is 62.3 Å². The Morgan fingerprint density at radius 2 is 1.56 bits per heavy atom. The zero-order chi connectivity index (χ0) is 31.6. The quantitative estimate of drug-likeness (QED) is 0.177. The molecule has 0 aliphatic rings. The average molecular weight is 669 g/mol. The van der Waals surface area contributed by atoms with Gasteiger partial charge in [0.05, 0.1) is 17.2 Å². The molecule has 43 heavy (non-hydrogen) atoms. The smallest absolute Gasteiger partial charge is 0.264 e. The minimum atomic E-state index is -4.24. The normalized spacial score (nSPS) is 12.0. The highest BCUT2D eigenvalue weighted by atomic mass is 35.5. The minimum Gasteiger partial charge on any atom is -0.494 e. The number of rotatable bonds is 15. The molecule has 0 saturated heterocycles. The molecule has 1 atom stereocenters. The summed E-state index contributed by atoms with van der Waals surface area (Å²) in [5.74, 6) is -0.368. The van der Waals surface area contributed by atoms with Crippen LogP contribution in [0.1, 0.15) is 45.6 Å². The number of amides is 2. The molecule has 3 rings (SSSR count). The van der Waals surface area contributed by atoms with Crippen LogP contribution in [0.15, 0.2) is 71.6 Å². The Morgan fingerprint density at radius 3 is 2.14 bits per heavy atom. The molecule has 232 valence electrons. The highest BCUT2D eigenvalue weighted by Crippen LogP contribution is 2.28. The number of nitrogens with one attached hydrogen (secondary N) is 1. The Bertz CT molecular complexity index is 1490. The van der Waals surface area contributed by atoms with Crippen molar-refractivity contribution in [2.24, 2.45) is 0 Å². The summed E-state index contributed by atoms with van der Waals surface area (Å²) in [6.07, 6.45) is 1.96. The van der Waals surface area contributed by atoms with Gasteiger partial charge in [-0.15, -0.1) is 0 Å². The number of benzene rings is 3. The Kier molecular flexibility index (Phi) is 13.0. The lowest BCUT2D eigenvalue weighted by Crippen LogP contribution is -2.52. The van der Waals surface area contributed by atoms with Crippen LogP contribution in [0.5, 0.6) is 5.75 Å². The van der Waals surface area contributed by atoms with Crippen molar-refractivity contribution < 1.29 is 22.7 Å². The van der Waals surface area contributed by atoms with E-state index in [1.165, 1.54) is 29.2 Å². The van der Waals surface area contributed by atoms with Gasteiger partial charge in [-0.25, -0.2) is 8.42 Å². The van der Waals surface area contributed by atoms with E-state index in [1.807, 2.05) is 13.8 Å². The van der Waals surface area contributed by atoms with E-state index in [-0.39, 0.29) is 23.0 Å². The first kappa shape index (κ1) is 34.5. The van der Waals surface area contributed by atoms with Crippen LogP contribution in [0.4, 0.5) is 5.69 Å². The predicted octanol–water partition coefficient (Wildman–Crippen LogP) is 6.96. The van der Waals surface area contributed by atoms with Crippen LogP contribution in [0.3, 0.4) is 0 Å². The van der Waals surface area contributed by atoms with Gasteiger partial charge in [0.1, 0.15) is 18.3 Å². The van der Waals surface area contributed by atoms with E-state index >= 15 is 0 Å². The summed E-state index contributed by atoms with van der Waals surface area (Å²) in [6, 6.07) is 16.1. The molecule has 0 unspecified atom stereocenters. The molecule has 3 aromatic rings. The van der Waals surface area contributed by atoms with E-state index in [0.717, 1.165) is 17.1 Å². The summed E-state index contributed by atoms with van der Waals surface area (Å²) in [5, 5.41) is 4.01. The number of carbonyl (C=O) groups is 2. The number of halogens is 3. The van der Waals surface area contributed by atoms with Gasteiger partial charge in [0, 0.05) is 28.2 Å². The van der Waals surface area contributed by atoms with Crippen LogP contribution in [0.25, 0.3) is 0 Å². The second-order valence-corrected chi connectivity index (χ2v) is 12.9. The highest BCUT2D eigenvalue weighted by molar-refractivity contribution is 7.92. The molecule has 12 heteroatoms. The molecule has 0 aromatic heterocycles. The molecule has 0 fully saturated rings. The fourth-order valence-corrected chi connectivity index (χ4v) is 6.41. The lowest BCUT2D eigenvalue weighted by atomic mass is 10.1. The molecule has 2 amide bonds. The van der Waals surface area contributed by atoms with Gasteiger partial charge in [-0.05, 0) is 86.0 Å². The third-order valence-electron chi connectivity index (χ3n) is 6.69. The second-order valence-electron chi connectivity index (χ2n) is 9.72. The maximum atomic E-state index is 14.2. The lowest BCUT2D eigenvalue weighted by molar-refractivity contribution is -0.140. The van der Waals surface area contributed by atoms with Crippen LogP contribution < -0.4 is 14.4 Å². The SMILES string of the molecule is CCCCNC(=O)[C@@H](CC)N(Cc1ccc(Cl)cc1Cl)C(=O)CN(c1ccc(OCC)cc1)S(=O)(=O)c1ccc(Cl)cc1. The summed E-state index contributed by atoms with van der Waals surface area (Å²) in [4.78, 5) is 28.8. The van der Waals surface area contributed by atoms with Crippen LogP contribution >= 0.6 is 34.8 Å². The summed E-state index contributed by atoms with van der Waals surface area (Å²) < 4.78 is 34.5. The predicted molar refractivity (Wildman–Crippen MR) is 173 cm³/mol. The first-order valence-electron chi connectivity index (χ1n) is 14.0. The van der Waals surface area contributed by atoms with E-state index < -0.39 is 28.5 Å². The number of ether oxygens (including phenoxy) is 1. The van der Waals surface area contributed by atoms with Gasteiger partial charge in [0.25, 0.3) is 10.0 Å². The van der Waals surface area contributed by atoms with E-state index in [1.54, 1.807) is 49.4 Å². The Morgan fingerprint density at radius 1 is 0.907 bits per heavy atom. The standard InChI is InChI=1S/C31H36Cl3N3O5S/c1-4-7-18-35-31(39)29(5-2)36(20-22-8-9-24(33)19-28(22)34)30(38)21-37(25-12-14-26(15-13-25)42-6-3)43(40,41)27-16-10-23(32)11-17-27/h8-17,19,29H,4-7,18,20-21H2,1-3H3,(H,35,39)/t29-/m1/s1. The zero-order valence-corrected chi connectivity index (χ0v) is 27.4. The van der Waals surface area contributed by atoms with Crippen LogP contribution in [-0.4, -0.2) is 50.9 Å². The molecule has 0 aliphatic heterocycles. The summed E-state index contributed by atoms with van der Waals surface area (Å²) in [5.41, 5.74) is 0.809. The number of hydrogen-bond acceptors (Lipinski definition) is 5. The molecule has 3 aromatic carbocycles. The van der Waals surface area contributed by atoms with Gasteiger partial charge in [0.15, 0.2) is 0 Å². The lowest BCUT2D eigenvalue weighted by Gasteiger charge is -2.33. The first-order chi connectivity index (χ1) is 20.5. The summed E-state index contributed by atoms with van der Waals surface area (Å²) in [7, 11) is -4.24. The Hall–Kier alpha value is -2.98. The molecule has 1 N–H and O–H groups in total. The van der Waals surface area contributed by atoms with Crippen LogP contribution in [0, 0.1) is 0 Å². The number of nitrogens with zero attached hydrogens (tertiary/aromatic N) is 2. The van der Waals surface area contributed by atoms with E-state index in [4.69, 9.17) is 39.5 Å². The number of unbranched alkanes of at least 4 members (excludes halogenated alkanes) is 1. The largest absolute Gasteiger partial charge is 0.494 e. The minimum absolute atomic E-state index is 0.0351. The molecular formula is C31H36Cl3N3O5S. The fourth-order valence-electron chi connectivity index (χ4n) is 4.40. The van der Waals surface area contributed by atoms with Crippen molar-refractivity contribution in [2.75, 3.05) is 24.0 Å². The second kappa shape index (κ2) is 16.2. The topological polar surface area (TPSA) is 96.0 Å². The number of sulfonamides is 1. The highest BCUT2D eigenvalue weighted by Gasteiger charge is 2.34. The third kappa shape index (κ3) is 9.25. The van der Waals surface area contributed by atoms with E-state index in [0.29, 0.717) is 46.0 Å². The fraction of sp³-hybridized carbons (Fsp3) is 0.355. The van der Waals surface area contributed by atoms with E-state index in [2.05, 4.69) is 5.32 Å². The summed E-state index contributed by atoms with van der Waals surface area (Å²) >= 11 is 18.6. The van der Waals surface area contributed by atoms with Gasteiger partial charge >= 0.3 is 0 Å². The molecule has 0 radical (unpaired) electrons. The molecule has 8 nitrogen and oxygen atoms in total. The van der Waals surface area contributed by atoms with Crippen molar-refractivity contribution in [1.82, 2.24) is 10.2 Å². The molecular weight excluding hydrogens is 633 g/mol. The Labute approximate surface area is 268 Å². The van der Waals surface area contributed by atoms with Crippen molar-refractivity contribution in [3.05, 3.63) is 87.4 Å². The molecule has 0 bridgehead atoms. The van der Waals surface area contributed by atoms with Gasteiger partial charge in [-0.1, -0.05) is 61.1 Å². The maximum absolute atomic E-state index is 14.2. The van der Waals surface area contributed by atoms with Gasteiger partial charge < -0.3 is 15.0 Å². The van der Waals surface area contributed by atoms with Gasteiger partial charge in [-0.3, -0.25) is 13.9 Å². The third-order valence-corrected chi connectivity index (χ3v) is 9.31. The molecule has 0 saturated carbocycles. The van der Waals surface area contributed by atoms with Crippen molar-refractivity contribution in [3.63, 3.8) is 0 Å². The number of carbonyl (C=O) groups excluding carboxylic acids is 2. The zero-order valence-electron chi connectivity index (χ0n) is 24.4. The monoisotopic (exact) mass is 667 g/mol. The average Bonchev–Trinajstić information content (AvgIpc) is 2.97. The van der Waals surface area contributed by atoms with Crippen molar-refractivity contribution in [3.8, 4) is 5.75 Å². The van der Waals surface area contributed by atoms with Gasteiger partial charge in [-0.2, -0.15) is 0 Å². The molecule has 0 aliphatic carbocycles. The molecule has 0 heterocycles. The first-order valence-corrected chi connectivity index (χ1v) is 16.6. The van der Waals surface area contributed by atoms with E-state index in [9.17, 15) is 18.0 Å². The van der Waals surface area contributed by atoms with Gasteiger partial charge in [0.2, 0.25) is 11.8 Å². The number of hydrogen-bond donors (Lipinski definition) is 1. The van der Waals surface area contributed by atoms with Crippen molar-refractivity contribution in [1.29, 1.82) is 0 Å². The Balaban J connectivity index is 2.06. The number of anilines is 1.